The van der Waals surface area contributed by atoms with E-state index in [0.717, 1.165) is 0 Å². The summed E-state index contributed by atoms with van der Waals surface area (Å²) in [6, 6.07) is 4.57. The van der Waals surface area contributed by atoms with Crippen LogP contribution in [0.2, 0.25) is 0 Å². The number of amides is 1. The van der Waals surface area contributed by atoms with Gasteiger partial charge in [0.25, 0.3) is 5.91 Å². The molecule has 2 aromatic heterocycles. The molecule has 0 saturated carbocycles. The Morgan fingerprint density at radius 1 is 1.40 bits per heavy atom. The van der Waals surface area contributed by atoms with Crippen molar-refractivity contribution in [3.05, 3.63) is 40.4 Å². The fourth-order valence-electron chi connectivity index (χ4n) is 1.20. The molecule has 0 unspecified atom stereocenters. The van der Waals surface area contributed by atoms with Crippen molar-refractivity contribution in [1.82, 2.24) is 15.2 Å². The molecule has 0 atom stereocenters. The maximum Gasteiger partial charge on any atom is 0.266 e. The molecule has 4 N–H and O–H groups in total. The number of rotatable bonds is 2. The minimum Gasteiger partial charge on any atom is -0.364 e. The lowest BCUT2D eigenvalue weighted by atomic mass is 10.2. The third-order valence-electron chi connectivity index (χ3n) is 1.91. The Morgan fingerprint density at radius 2 is 2.20 bits per heavy atom. The highest BCUT2D eigenvalue weighted by Gasteiger charge is 2.07. The average Bonchev–Trinajstić information content (AvgIpc) is 2.66. The second-order valence-corrected chi connectivity index (χ2v) is 2.97. The molecule has 15 heavy (non-hydrogen) atoms. The summed E-state index contributed by atoms with van der Waals surface area (Å²) in [6.07, 6.45) is 1.51. The third kappa shape index (κ3) is 1.78. The van der Waals surface area contributed by atoms with Crippen LogP contribution in [0.15, 0.2) is 29.2 Å². The summed E-state index contributed by atoms with van der Waals surface area (Å²) in [5, 5.41) is 6.36. The topological polar surface area (TPSA) is 105 Å². The lowest BCUT2D eigenvalue weighted by Gasteiger charge is -1.92. The van der Waals surface area contributed by atoms with Crippen LogP contribution < -0.4 is 11.3 Å². The molecule has 0 aliphatic rings. The molecule has 0 aliphatic heterocycles. The van der Waals surface area contributed by atoms with Crippen molar-refractivity contribution >= 4 is 5.91 Å². The summed E-state index contributed by atoms with van der Waals surface area (Å²) >= 11 is 0. The minimum atomic E-state index is -0.585. The zero-order valence-corrected chi connectivity index (χ0v) is 7.65. The van der Waals surface area contributed by atoms with E-state index in [1.807, 2.05) is 0 Å². The Labute approximate surface area is 84.1 Å². The Balaban J connectivity index is 2.46. The number of carbonyl (C=O) groups excluding carboxylic acids is 1. The standard InChI is InChI=1S/C9H8N4O2/c10-9(15)7-4-6(12-13-7)5-1-2-11-8(14)3-5/h1-4H,(H2,10,15)(H,11,14)(H,12,13). The molecule has 76 valence electrons. The second kappa shape index (κ2) is 3.41. The van der Waals surface area contributed by atoms with Crippen molar-refractivity contribution in [2.45, 2.75) is 0 Å². The zero-order valence-electron chi connectivity index (χ0n) is 7.65. The largest absolute Gasteiger partial charge is 0.364 e. The Morgan fingerprint density at radius 3 is 2.80 bits per heavy atom. The van der Waals surface area contributed by atoms with Gasteiger partial charge < -0.3 is 10.7 Å². The van der Waals surface area contributed by atoms with Crippen molar-refractivity contribution in [2.75, 3.05) is 0 Å². The van der Waals surface area contributed by atoms with Crippen LogP contribution in [0.1, 0.15) is 10.5 Å². The lowest BCUT2D eigenvalue weighted by molar-refractivity contribution is 0.0995. The van der Waals surface area contributed by atoms with Gasteiger partial charge in [0, 0.05) is 17.8 Å². The monoisotopic (exact) mass is 204 g/mol. The molecular formula is C9H8N4O2. The maximum atomic E-state index is 11.0. The molecular weight excluding hydrogens is 196 g/mol. The number of nitrogens with two attached hydrogens (primary N) is 1. The summed E-state index contributed by atoms with van der Waals surface area (Å²) in [5.74, 6) is -0.585. The summed E-state index contributed by atoms with van der Waals surface area (Å²) in [4.78, 5) is 24.3. The molecule has 0 aliphatic carbocycles. The van der Waals surface area contributed by atoms with Crippen LogP contribution in [-0.2, 0) is 0 Å². The number of aromatic nitrogens is 3. The van der Waals surface area contributed by atoms with Crippen LogP contribution in [-0.4, -0.2) is 21.1 Å². The summed E-state index contributed by atoms with van der Waals surface area (Å²) in [6.45, 7) is 0. The number of nitrogens with zero attached hydrogens (tertiary/aromatic N) is 1. The van der Waals surface area contributed by atoms with Crippen LogP contribution >= 0.6 is 0 Å². The molecule has 0 aromatic carbocycles. The molecule has 0 saturated heterocycles. The first-order chi connectivity index (χ1) is 7.16. The minimum absolute atomic E-state index is 0.213. The summed E-state index contributed by atoms with van der Waals surface area (Å²) < 4.78 is 0. The highest BCUT2D eigenvalue weighted by molar-refractivity contribution is 5.91. The van der Waals surface area contributed by atoms with Crippen molar-refractivity contribution in [2.24, 2.45) is 5.73 Å². The number of carbonyl (C=O) groups is 1. The first-order valence-corrected chi connectivity index (χ1v) is 4.21. The Kier molecular flexibility index (Phi) is 2.09. The average molecular weight is 204 g/mol. The first kappa shape index (κ1) is 9.20. The Bertz CT molecular complexity index is 555. The highest BCUT2D eigenvalue weighted by Crippen LogP contribution is 2.14. The van der Waals surface area contributed by atoms with E-state index in [2.05, 4.69) is 15.2 Å². The van der Waals surface area contributed by atoms with Crippen molar-refractivity contribution < 1.29 is 4.79 Å². The molecule has 0 fully saturated rings. The number of H-pyrrole nitrogens is 2. The summed E-state index contributed by atoms with van der Waals surface area (Å²) in [5.41, 5.74) is 6.18. The van der Waals surface area contributed by atoms with Gasteiger partial charge in [-0.1, -0.05) is 0 Å². The van der Waals surface area contributed by atoms with Gasteiger partial charge >= 0.3 is 0 Å². The van der Waals surface area contributed by atoms with Crippen molar-refractivity contribution in [3.8, 4) is 11.3 Å². The van der Waals surface area contributed by atoms with Gasteiger partial charge in [-0.05, 0) is 12.1 Å². The fourth-order valence-corrected chi connectivity index (χ4v) is 1.20. The Hall–Kier alpha value is -2.37. The molecule has 0 radical (unpaired) electrons. The molecule has 6 nitrogen and oxygen atoms in total. The van der Waals surface area contributed by atoms with Gasteiger partial charge in [0.2, 0.25) is 5.56 Å². The molecule has 1 amide bonds. The fraction of sp³-hybridized carbons (Fsp3) is 0. The number of pyridine rings is 1. The van der Waals surface area contributed by atoms with E-state index in [-0.39, 0.29) is 11.3 Å². The third-order valence-corrected chi connectivity index (χ3v) is 1.91. The van der Waals surface area contributed by atoms with Crippen LogP contribution in [0.3, 0.4) is 0 Å². The van der Waals surface area contributed by atoms with Crippen LogP contribution in [0.4, 0.5) is 0 Å². The number of hydrogen-bond acceptors (Lipinski definition) is 3. The van der Waals surface area contributed by atoms with Gasteiger partial charge in [0.05, 0.1) is 5.69 Å². The number of aromatic amines is 2. The van der Waals surface area contributed by atoms with Gasteiger partial charge in [-0.2, -0.15) is 5.10 Å². The van der Waals surface area contributed by atoms with Gasteiger partial charge in [-0.3, -0.25) is 14.7 Å². The van der Waals surface area contributed by atoms with E-state index in [9.17, 15) is 9.59 Å². The zero-order chi connectivity index (χ0) is 10.8. The number of hydrogen-bond donors (Lipinski definition) is 3. The number of primary amides is 1. The van der Waals surface area contributed by atoms with E-state index in [1.165, 1.54) is 18.3 Å². The second-order valence-electron chi connectivity index (χ2n) is 2.97. The van der Waals surface area contributed by atoms with Gasteiger partial charge in [-0.25, -0.2) is 0 Å². The molecule has 0 bridgehead atoms. The summed E-state index contributed by atoms with van der Waals surface area (Å²) in [7, 11) is 0. The van der Waals surface area contributed by atoms with E-state index in [1.54, 1.807) is 6.07 Å². The molecule has 6 heteroatoms. The van der Waals surface area contributed by atoms with Gasteiger partial charge in [0.1, 0.15) is 5.69 Å². The van der Waals surface area contributed by atoms with Crippen molar-refractivity contribution in [3.63, 3.8) is 0 Å². The van der Waals surface area contributed by atoms with E-state index in [0.29, 0.717) is 11.3 Å². The van der Waals surface area contributed by atoms with E-state index >= 15 is 0 Å². The van der Waals surface area contributed by atoms with Crippen LogP contribution in [0.25, 0.3) is 11.3 Å². The van der Waals surface area contributed by atoms with E-state index in [4.69, 9.17) is 5.73 Å². The number of nitrogens with one attached hydrogen (secondary N) is 2. The predicted octanol–water partition coefficient (Wildman–Crippen LogP) is -0.136. The van der Waals surface area contributed by atoms with Gasteiger partial charge in [0.15, 0.2) is 0 Å². The highest BCUT2D eigenvalue weighted by atomic mass is 16.1. The maximum absolute atomic E-state index is 11.0. The van der Waals surface area contributed by atoms with Crippen LogP contribution in [0.5, 0.6) is 0 Å². The molecule has 2 rings (SSSR count). The smallest absolute Gasteiger partial charge is 0.266 e. The molecule has 2 aromatic rings. The van der Waals surface area contributed by atoms with Crippen molar-refractivity contribution in [1.29, 1.82) is 0 Å². The predicted molar refractivity (Wildman–Crippen MR) is 53.2 cm³/mol. The quantitative estimate of drug-likeness (QED) is 0.634. The lowest BCUT2D eigenvalue weighted by Crippen LogP contribution is -2.10. The molecule has 2 heterocycles. The SMILES string of the molecule is NC(=O)c1cc(-c2cc[nH]c(=O)c2)n[nH]1. The van der Waals surface area contributed by atoms with Gasteiger partial charge in [-0.15, -0.1) is 0 Å². The van der Waals surface area contributed by atoms with E-state index < -0.39 is 5.91 Å². The normalized spacial score (nSPS) is 10.1. The first-order valence-electron chi connectivity index (χ1n) is 4.21. The molecule has 0 spiro atoms. The van der Waals surface area contributed by atoms with Crippen LogP contribution in [0, 0.1) is 0 Å².